The molecule has 2 heterocycles. The molecule has 19 heavy (non-hydrogen) atoms. The Morgan fingerprint density at radius 1 is 1.42 bits per heavy atom. The molecule has 1 atom stereocenters. The van der Waals surface area contributed by atoms with Crippen LogP contribution in [0.15, 0.2) is 23.8 Å². The fourth-order valence-corrected chi connectivity index (χ4v) is 2.73. The predicted molar refractivity (Wildman–Crippen MR) is 66.6 cm³/mol. The quantitative estimate of drug-likeness (QED) is 0.915. The van der Waals surface area contributed by atoms with Crippen LogP contribution in [0, 0.1) is 11.6 Å². The van der Waals surface area contributed by atoms with E-state index in [-0.39, 0.29) is 17.8 Å². The minimum atomic E-state index is -1.08. The van der Waals surface area contributed by atoms with Gasteiger partial charge in [0, 0.05) is 22.7 Å². The van der Waals surface area contributed by atoms with Gasteiger partial charge in [-0.3, -0.25) is 9.78 Å². The minimum absolute atomic E-state index is 0.0518. The van der Waals surface area contributed by atoms with Crippen molar-refractivity contribution in [3.05, 3.63) is 45.9 Å². The number of hydrogen-bond acceptors (Lipinski definition) is 4. The smallest absolute Gasteiger partial charge is 0.249 e. The lowest BCUT2D eigenvalue weighted by Gasteiger charge is -2.16. The third-order valence-electron chi connectivity index (χ3n) is 3.00. The van der Waals surface area contributed by atoms with Crippen molar-refractivity contribution >= 4 is 22.9 Å². The van der Waals surface area contributed by atoms with Gasteiger partial charge >= 0.3 is 0 Å². The number of anilines is 1. The number of fused-ring (bicyclic) bond motifs is 1. The van der Waals surface area contributed by atoms with Crippen LogP contribution in [0.2, 0.25) is 0 Å². The van der Waals surface area contributed by atoms with Gasteiger partial charge in [-0.2, -0.15) is 0 Å². The van der Waals surface area contributed by atoms with E-state index in [1.807, 2.05) is 0 Å². The molecule has 0 fully saturated rings. The van der Waals surface area contributed by atoms with Crippen LogP contribution in [-0.4, -0.2) is 10.9 Å². The molecule has 0 bridgehead atoms. The second-order valence-electron chi connectivity index (χ2n) is 4.19. The lowest BCUT2D eigenvalue weighted by Crippen LogP contribution is -2.31. The largest absolute Gasteiger partial charge is 0.316 e. The van der Waals surface area contributed by atoms with Gasteiger partial charge in [-0.05, 0) is 6.07 Å². The monoisotopic (exact) mass is 281 g/mol. The topological polar surface area (TPSA) is 59.2 Å². The second-order valence-corrected chi connectivity index (χ2v) is 5.16. The van der Waals surface area contributed by atoms with Gasteiger partial charge in [0.25, 0.3) is 0 Å². The first-order chi connectivity index (χ1) is 9.08. The molecule has 1 aliphatic heterocycles. The molecular weight excluding hydrogens is 272 g/mol. The van der Waals surface area contributed by atoms with E-state index < -0.39 is 23.6 Å². The Morgan fingerprint density at radius 2 is 2.21 bits per heavy atom. The Kier molecular flexibility index (Phi) is 2.79. The molecule has 1 aromatic heterocycles. The molecule has 4 nitrogen and oxygen atoms in total. The third-order valence-corrected chi connectivity index (χ3v) is 3.77. The van der Waals surface area contributed by atoms with Crippen LogP contribution < -0.4 is 10.6 Å². The van der Waals surface area contributed by atoms with Gasteiger partial charge in [-0.25, -0.2) is 8.78 Å². The zero-order chi connectivity index (χ0) is 13.6. The molecular formula is C12H9F2N3OS. The first-order valence-electron chi connectivity index (χ1n) is 5.51. The van der Waals surface area contributed by atoms with Crippen molar-refractivity contribution in [3.8, 4) is 0 Å². The van der Waals surface area contributed by atoms with E-state index in [4.69, 9.17) is 5.73 Å². The fourth-order valence-electron chi connectivity index (χ4n) is 2.15. The van der Waals surface area contributed by atoms with Gasteiger partial charge in [0.15, 0.2) is 0 Å². The maximum atomic E-state index is 13.7. The van der Waals surface area contributed by atoms with Crippen molar-refractivity contribution in [2.45, 2.75) is 12.6 Å². The number of carbonyl (C=O) groups excluding carboxylic acids is 1. The standard InChI is InChI=1S/C12H9F2N3OS/c13-6-1-8(14)10-9(2-6)17(12(18)11(10)15)4-7-3-16-5-19-7/h1-3,5,11H,4,15H2. The van der Waals surface area contributed by atoms with Crippen molar-refractivity contribution < 1.29 is 13.6 Å². The Hall–Kier alpha value is -1.86. The number of amides is 1. The number of carbonyl (C=O) groups is 1. The first-order valence-corrected chi connectivity index (χ1v) is 6.39. The summed E-state index contributed by atoms with van der Waals surface area (Å²) in [7, 11) is 0. The number of thiazole rings is 1. The highest BCUT2D eigenvalue weighted by molar-refractivity contribution is 7.09. The average Bonchev–Trinajstić information content (AvgIpc) is 2.93. The maximum Gasteiger partial charge on any atom is 0.249 e. The highest BCUT2D eigenvalue weighted by Gasteiger charge is 2.37. The molecule has 98 valence electrons. The normalized spacial score (nSPS) is 17.9. The van der Waals surface area contributed by atoms with Crippen molar-refractivity contribution in [1.29, 1.82) is 0 Å². The molecule has 1 unspecified atom stereocenters. The number of aromatic nitrogens is 1. The van der Waals surface area contributed by atoms with E-state index in [0.29, 0.717) is 0 Å². The molecule has 0 aliphatic carbocycles. The number of hydrogen-bond donors (Lipinski definition) is 1. The molecule has 1 amide bonds. The molecule has 3 rings (SSSR count). The molecule has 0 radical (unpaired) electrons. The van der Waals surface area contributed by atoms with E-state index in [1.54, 1.807) is 11.7 Å². The maximum absolute atomic E-state index is 13.7. The Bertz CT molecular complexity index is 645. The fraction of sp³-hybridized carbons (Fsp3) is 0.167. The summed E-state index contributed by atoms with van der Waals surface area (Å²) in [5.41, 5.74) is 7.57. The van der Waals surface area contributed by atoms with Gasteiger partial charge in [0.1, 0.15) is 17.7 Å². The summed E-state index contributed by atoms with van der Waals surface area (Å²) >= 11 is 1.36. The van der Waals surface area contributed by atoms with Crippen molar-refractivity contribution in [1.82, 2.24) is 4.98 Å². The molecule has 2 aromatic rings. The van der Waals surface area contributed by atoms with Gasteiger partial charge in [-0.15, -0.1) is 11.3 Å². The van der Waals surface area contributed by atoms with Crippen LogP contribution in [0.3, 0.4) is 0 Å². The van der Waals surface area contributed by atoms with Crippen LogP contribution in [0.5, 0.6) is 0 Å². The van der Waals surface area contributed by atoms with Crippen molar-refractivity contribution in [3.63, 3.8) is 0 Å². The van der Waals surface area contributed by atoms with Gasteiger partial charge in [0.2, 0.25) is 5.91 Å². The SMILES string of the molecule is NC1C(=O)N(Cc2cncs2)c2cc(F)cc(F)c21. The summed E-state index contributed by atoms with van der Waals surface area (Å²) < 4.78 is 27.0. The van der Waals surface area contributed by atoms with Gasteiger partial charge in [-0.1, -0.05) is 0 Å². The molecule has 2 N–H and O–H groups in total. The molecule has 7 heteroatoms. The molecule has 1 aliphatic rings. The van der Waals surface area contributed by atoms with Crippen LogP contribution in [0.25, 0.3) is 0 Å². The Balaban J connectivity index is 2.06. The summed E-state index contributed by atoms with van der Waals surface area (Å²) in [6.45, 7) is 0.215. The number of benzene rings is 1. The average molecular weight is 281 g/mol. The van der Waals surface area contributed by atoms with E-state index in [2.05, 4.69) is 4.98 Å². The lowest BCUT2D eigenvalue weighted by atomic mass is 10.1. The summed E-state index contributed by atoms with van der Waals surface area (Å²) in [6.07, 6.45) is 1.61. The summed E-state index contributed by atoms with van der Waals surface area (Å²) in [6, 6.07) is 0.787. The summed E-state index contributed by atoms with van der Waals surface area (Å²) in [4.78, 5) is 18.1. The number of nitrogens with zero attached hydrogens (tertiary/aromatic N) is 2. The summed E-state index contributed by atoms with van der Waals surface area (Å²) in [5, 5.41) is 0. The van der Waals surface area contributed by atoms with E-state index in [1.165, 1.54) is 16.2 Å². The van der Waals surface area contributed by atoms with Crippen LogP contribution in [-0.2, 0) is 11.3 Å². The predicted octanol–water partition coefficient (Wildman–Crippen LogP) is 1.97. The highest BCUT2D eigenvalue weighted by atomic mass is 32.1. The number of nitrogens with two attached hydrogens (primary N) is 1. The minimum Gasteiger partial charge on any atom is -0.316 e. The Labute approximate surface area is 111 Å². The lowest BCUT2D eigenvalue weighted by molar-refractivity contribution is -0.119. The van der Waals surface area contributed by atoms with Crippen molar-refractivity contribution in [2.24, 2.45) is 5.73 Å². The third kappa shape index (κ3) is 1.91. The van der Waals surface area contributed by atoms with Crippen LogP contribution >= 0.6 is 11.3 Å². The molecule has 0 saturated heterocycles. The second kappa shape index (κ2) is 4.36. The molecule has 0 saturated carbocycles. The van der Waals surface area contributed by atoms with E-state index >= 15 is 0 Å². The number of rotatable bonds is 2. The van der Waals surface area contributed by atoms with E-state index in [0.717, 1.165) is 17.0 Å². The van der Waals surface area contributed by atoms with Crippen molar-refractivity contribution in [2.75, 3.05) is 4.90 Å². The first kappa shape index (κ1) is 12.2. The zero-order valence-corrected chi connectivity index (χ0v) is 10.5. The van der Waals surface area contributed by atoms with Crippen LogP contribution in [0.4, 0.5) is 14.5 Å². The highest BCUT2D eigenvalue weighted by Crippen LogP contribution is 2.38. The number of halogens is 2. The molecule has 0 spiro atoms. The molecule has 1 aromatic carbocycles. The zero-order valence-electron chi connectivity index (χ0n) is 9.64. The van der Waals surface area contributed by atoms with E-state index in [9.17, 15) is 13.6 Å². The summed E-state index contributed by atoms with van der Waals surface area (Å²) in [5.74, 6) is -1.96. The van der Waals surface area contributed by atoms with Gasteiger partial charge < -0.3 is 10.6 Å². The van der Waals surface area contributed by atoms with Crippen LogP contribution in [0.1, 0.15) is 16.5 Å². The van der Waals surface area contributed by atoms with Gasteiger partial charge in [0.05, 0.1) is 17.7 Å². The Morgan fingerprint density at radius 3 is 2.89 bits per heavy atom.